The predicted molar refractivity (Wildman–Crippen MR) is 123 cm³/mol. The zero-order valence-electron chi connectivity index (χ0n) is 17.1. The molecule has 2 aromatic carbocycles. The maximum absolute atomic E-state index is 12.9. The van der Waals surface area contributed by atoms with E-state index in [9.17, 15) is 13.2 Å². The molecule has 1 amide bonds. The van der Waals surface area contributed by atoms with Crippen molar-refractivity contribution in [3.8, 4) is 0 Å². The van der Waals surface area contributed by atoms with Crippen LogP contribution in [-0.4, -0.2) is 31.7 Å². The van der Waals surface area contributed by atoms with Crippen LogP contribution in [0.4, 0.5) is 5.69 Å². The van der Waals surface area contributed by atoms with Crippen LogP contribution < -0.4 is 5.32 Å². The van der Waals surface area contributed by atoms with Gasteiger partial charge in [-0.3, -0.25) is 4.79 Å². The van der Waals surface area contributed by atoms with E-state index in [1.165, 1.54) is 15.9 Å². The molecule has 162 valence electrons. The molecule has 0 bridgehead atoms. The second-order valence-electron chi connectivity index (χ2n) is 7.96. The summed E-state index contributed by atoms with van der Waals surface area (Å²) in [7, 11) is -3.60. The number of hydrogen-bond donors (Lipinski definition) is 1. The monoisotopic (exact) mass is 468 g/mol. The number of halogens is 2. The van der Waals surface area contributed by atoms with Gasteiger partial charge in [-0.15, -0.1) is 0 Å². The summed E-state index contributed by atoms with van der Waals surface area (Å²) < 4.78 is 27.2. The van der Waals surface area contributed by atoms with Gasteiger partial charge >= 0.3 is 0 Å². The van der Waals surface area contributed by atoms with E-state index in [2.05, 4.69) is 19.2 Å². The van der Waals surface area contributed by atoms with Crippen LogP contribution in [0.25, 0.3) is 0 Å². The first kappa shape index (κ1) is 23.1. The van der Waals surface area contributed by atoms with Gasteiger partial charge in [0.15, 0.2) is 0 Å². The summed E-state index contributed by atoms with van der Waals surface area (Å²) >= 11 is 12.0. The third-order valence-electron chi connectivity index (χ3n) is 5.35. The Kier molecular flexibility index (Phi) is 7.45. The quantitative estimate of drug-likeness (QED) is 0.625. The molecule has 30 heavy (non-hydrogen) atoms. The molecule has 1 N–H and O–H groups in total. The van der Waals surface area contributed by atoms with Crippen LogP contribution in [-0.2, 0) is 20.6 Å². The van der Waals surface area contributed by atoms with Crippen LogP contribution in [0.5, 0.6) is 0 Å². The molecule has 2 aromatic rings. The van der Waals surface area contributed by atoms with E-state index in [0.29, 0.717) is 40.9 Å². The van der Waals surface area contributed by atoms with E-state index in [1.54, 1.807) is 12.1 Å². The molecule has 1 aliphatic heterocycles. The molecule has 0 aromatic heterocycles. The normalized spacial score (nSPS) is 17.8. The maximum Gasteiger partial charge on any atom is 0.228 e. The Balaban J connectivity index is 1.65. The van der Waals surface area contributed by atoms with Crippen molar-refractivity contribution >= 4 is 44.8 Å². The molecule has 3 rings (SSSR count). The first-order valence-corrected chi connectivity index (χ1v) is 12.3. The molecular formula is C22H26Cl2N2O3S. The van der Waals surface area contributed by atoms with E-state index in [-0.39, 0.29) is 24.1 Å². The molecule has 1 fully saturated rings. The summed E-state index contributed by atoms with van der Waals surface area (Å²) in [4.78, 5) is 12.7. The van der Waals surface area contributed by atoms with E-state index in [4.69, 9.17) is 23.2 Å². The van der Waals surface area contributed by atoms with Crippen LogP contribution in [0.15, 0.2) is 42.5 Å². The summed E-state index contributed by atoms with van der Waals surface area (Å²) in [5.74, 6) is -0.342. The molecular weight excluding hydrogens is 443 g/mol. The molecule has 0 saturated carbocycles. The number of nitrogens with zero attached hydrogens (tertiary/aromatic N) is 1. The van der Waals surface area contributed by atoms with E-state index in [1.807, 2.05) is 24.3 Å². The Labute approximate surface area is 188 Å². The molecule has 1 saturated heterocycles. The van der Waals surface area contributed by atoms with Gasteiger partial charge in [-0.2, -0.15) is 0 Å². The average Bonchev–Trinajstić information content (AvgIpc) is 2.70. The van der Waals surface area contributed by atoms with Gasteiger partial charge in [-0.25, -0.2) is 12.7 Å². The Morgan fingerprint density at radius 2 is 1.87 bits per heavy atom. The second kappa shape index (κ2) is 9.69. The van der Waals surface area contributed by atoms with Crippen molar-refractivity contribution in [3.05, 3.63) is 63.6 Å². The largest absolute Gasteiger partial charge is 0.326 e. The molecule has 0 radical (unpaired) electrons. The fourth-order valence-corrected chi connectivity index (χ4v) is 5.73. The number of nitrogens with one attached hydrogen (secondary N) is 1. The SMILES string of the molecule is CC(C)c1ccc(NC(=O)[C@H]2CCCN(S(=O)(=O)Cc3ccc(Cl)cc3Cl)C2)cc1. The zero-order chi connectivity index (χ0) is 21.9. The summed E-state index contributed by atoms with van der Waals surface area (Å²) in [6.07, 6.45) is 1.29. The van der Waals surface area contributed by atoms with Crippen molar-refractivity contribution in [2.24, 2.45) is 5.92 Å². The number of rotatable bonds is 6. The number of anilines is 1. The van der Waals surface area contributed by atoms with E-state index >= 15 is 0 Å². The summed E-state index contributed by atoms with van der Waals surface area (Å²) in [6.45, 7) is 4.80. The van der Waals surface area contributed by atoms with Crippen molar-refractivity contribution in [3.63, 3.8) is 0 Å². The number of benzene rings is 2. The van der Waals surface area contributed by atoms with Gasteiger partial charge in [0, 0.05) is 28.8 Å². The van der Waals surface area contributed by atoms with Crippen molar-refractivity contribution in [1.29, 1.82) is 0 Å². The van der Waals surface area contributed by atoms with Crippen molar-refractivity contribution in [2.45, 2.75) is 38.4 Å². The lowest BCUT2D eigenvalue weighted by Crippen LogP contribution is -2.44. The van der Waals surface area contributed by atoms with Gasteiger partial charge in [-0.1, -0.05) is 55.2 Å². The predicted octanol–water partition coefficient (Wildman–Crippen LogP) is 5.30. The Hall–Kier alpha value is -1.60. The van der Waals surface area contributed by atoms with Crippen LogP contribution in [0, 0.1) is 5.92 Å². The first-order chi connectivity index (χ1) is 14.2. The number of sulfonamides is 1. The number of hydrogen-bond acceptors (Lipinski definition) is 3. The third kappa shape index (κ3) is 5.76. The third-order valence-corrected chi connectivity index (χ3v) is 7.73. The van der Waals surface area contributed by atoms with Crippen molar-refractivity contribution < 1.29 is 13.2 Å². The maximum atomic E-state index is 12.9. The molecule has 0 aliphatic carbocycles. The molecule has 0 unspecified atom stereocenters. The Morgan fingerprint density at radius 3 is 2.50 bits per heavy atom. The topological polar surface area (TPSA) is 66.5 Å². The number of carbonyl (C=O) groups excluding carboxylic acids is 1. The summed E-state index contributed by atoms with van der Waals surface area (Å²) in [6, 6.07) is 12.5. The smallest absolute Gasteiger partial charge is 0.228 e. The van der Waals surface area contributed by atoms with Gasteiger partial charge < -0.3 is 5.32 Å². The minimum atomic E-state index is -3.60. The minimum absolute atomic E-state index is 0.156. The van der Waals surface area contributed by atoms with Crippen molar-refractivity contribution in [1.82, 2.24) is 4.31 Å². The highest BCUT2D eigenvalue weighted by Crippen LogP contribution is 2.27. The molecule has 8 heteroatoms. The summed E-state index contributed by atoms with van der Waals surface area (Å²) in [5.41, 5.74) is 2.42. The Morgan fingerprint density at radius 1 is 1.17 bits per heavy atom. The zero-order valence-corrected chi connectivity index (χ0v) is 19.4. The van der Waals surface area contributed by atoms with E-state index in [0.717, 1.165) is 5.69 Å². The van der Waals surface area contributed by atoms with Crippen LogP contribution in [0.1, 0.15) is 43.7 Å². The lowest BCUT2D eigenvalue weighted by Gasteiger charge is -2.31. The highest BCUT2D eigenvalue weighted by atomic mass is 35.5. The minimum Gasteiger partial charge on any atom is -0.326 e. The lowest BCUT2D eigenvalue weighted by atomic mass is 9.98. The second-order valence-corrected chi connectivity index (χ2v) is 10.8. The molecule has 5 nitrogen and oxygen atoms in total. The van der Waals surface area contributed by atoms with Gasteiger partial charge in [0.2, 0.25) is 15.9 Å². The standard InChI is InChI=1S/C22H26Cl2N2O3S/c1-15(2)16-6-9-20(10-7-16)25-22(27)17-4-3-11-26(13-17)30(28,29)14-18-5-8-19(23)12-21(18)24/h5-10,12,15,17H,3-4,11,13-14H2,1-2H3,(H,25,27)/t17-/m0/s1. The molecule has 1 atom stereocenters. The average molecular weight is 469 g/mol. The fourth-order valence-electron chi connectivity index (χ4n) is 3.53. The fraction of sp³-hybridized carbons (Fsp3) is 0.409. The lowest BCUT2D eigenvalue weighted by molar-refractivity contribution is -0.120. The van der Waals surface area contributed by atoms with Gasteiger partial charge in [0.25, 0.3) is 0 Å². The number of amides is 1. The van der Waals surface area contributed by atoms with Crippen LogP contribution in [0.2, 0.25) is 10.0 Å². The van der Waals surface area contributed by atoms with Crippen molar-refractivity contribution in [2.75, 3.05) is 18.4 Å². The van der Waals surface area contributed by atoms with Gasteiger partial charge in [-0.05, 0) is 54.2 Å². The highest BCUT2D eigenvalue weighted by molar-refractivity contribution is 7.88. The first-order valence-electron chi connectivity index (χ1n) is 9.98. The van der Waals surface area contributed by atoms with Gasteiger partial charge in [0.1, 0.15) is 0 Å². The molecule has 0 spiro atoms. The highest BCUT2D eigenvalue weighted by Gasteiger charge is 2.32. The number of piperidine rings is 1. The number of carbonyl (C=O) groups is 1. The summed E-state index contributed by atoms with van der Waals surface area (Å²) in [5, 5.41) is 3.70. The van der Waals surface area contributed by atoms with Crippen LogP contribution in [0.3, 0.4) is 0 Å². The Bertz CT molecular complexity index is 1010. The van der Waals surface area contributed by atoms with Crippen LogP contribution >= 0.6 is 23.2 Å². The van der Waals surface area contributed by atoms with E-state index < -0.39 is 10.0 Å². The molecule has 1 aliphatic rings. The molecule has 1 heterocycles. The van der Waals surface area contributed by atoms with Gasteiger partial charge in [0.05, 0.1) is 11.7 Å².